The van der Waals surface area contributed by atoms with Crippen LogP contribution in [0.2, 0.25) is 0 Å². The Morgan fingerprint density at radius 1 is 1.58 bits per heavy atom. The van der Waals surface area contributed by atoms with Gasteiger partial charge in [0.2, 0.25) is 11.9 Å². The average molecular weight is 168 g/mol. The molecule has 0 saturated carbocycles. The minimum Gasteiger partial charge on any atom is -0.314 e. The van der Waals surface area contributed by atoms with Crippen LogP contribution >= 0.6 is 0 Å². The molecule has 1 aromatic heterocycles. The van der Waals surface area contributed by atoms with Gasteiger partial charge in [-0.25, -0.2) is 0 Å². The van der Waals surface area contributed by atoms with E-state index in [0.717, 1.165) is 0 Å². The van der Waals surface area contributed by atoms with Crippen molar-refractivity contribution in [2.45, 2.75) is 20.8 Å². The zero-order valence-electron chi connectivity index (χ0n) is 7.38. The lowest BCUT2D eigenvalue weighted by atomic mass is 9.96. The van der Waals surface area contributed by atoms with Crippen molar-refractivity contribution in [3.63, 3.8) is 0 Å². The molecule has 1 heterocycles. The maximum atomic E-state index is 11.3. The minimum atomic E-state index is -0.410. The number of H-pyrrole nitrogens is 1. The summed E-state index contributed by atoms with van der Waals surface area (Å²) >= 11 is 0. The molecule has 1 aromatic rings. The van der Waals surface area contributed by atoms with Crippen LogP contribution in [0.4, 0.5) is 5.95 Å². The fourth-order valence-corrected chi connectivity index (χ4v) is 0.562. The van der Waals surface area contributed by atoms with Gasteiger partial charge >= 0.3 is 0 Å². The third-order valence-corrected chi connectivity index (χ3v) is 1.33. The van der Waals surface area contributed by atoms with E-state index in [1.165, 1.54) is 6.33 Å². The maximum absolute atomic E-state index is 11.3. The van der Waals surface area contributed by atoms with Crippen molar-refractivity contribution in [2.24, 2.45) is 5.41 Å². The van der Waals surface area contributed by atoms with Crippen LogP contribution in [0.3, 0.4) is 0 Å². The van der Waals surface area contributed by atoms with Crippen molar-refractivity contribution in [3.8, 4) is 0 Å². The fourth-order valence-electron chi connectivity index (χ4n) is 0.562. The van der Waals surface area contributed by atoms with E-state index in [9.17, 15) is 4.79 Å². The Kier molecular flexibility index (Phi) is 2.12. The van der Waals surface area contributed by atoms with E-state index in [2.05, 4.69) is 20.5 Å². The highest BCUT2D eigenvalue weighted by molar-refractivity contribution is 5.92. The van der Waals surface area contributed by atoms with Gasteiger partial charge in [-0.05, 0) is 0 Å². The third kappa shape index (κ3) is 2.05. The van der Waals surface area contributed by atoms with Crippen LogP contribution in [0.5, 0.6) is 0 Å². The summed E-state index contributed by atoms with van der Waals surface area (Å²) in [6, 6.07) is 0. The van der Waals surface area contributed by atoms with Crippen LogP contribution in [0.25, 0.3) is 0 Å². The number of nitrogens with one attached hydrogen (secondary N) is 2. The maximum Gasteiger partial charge on any atom is 0.232 e. The number of amides is 1. The summed E-state index contributed by atoms with van der Waals surface area (Å²) in [5.41, 5.74) is -0.410. The summed E-state index contributed by atoms with van der Waals surface area (Å²) in [4.78, 5) is 14.0. The summed E-state index contributed by atoms with van der Waals surface area (Å²) in [5.74, 6) is 0.300. The van der Waals surface area contributed by atoms with E-state index < -0.39 is 5.41 Å². The minimum absolute atomic E-state index is 0.0840. The summed E-state index contributed by atoms with van der Waals surface area (Å²) in [7, 11) is 0. The molecule has 0 saturated heterocycles. The van der Waals surface area contributed by atoms with Gasteiger partial charge < -0.3 is 4.98 Å². The predicted octanol–water partition coefficient (Wildman–Crippen LogP) is 0.789. The van der Waals surface area contributed by atoms with Crippen LogP contribution in [-0.4, -0.2) is 21.1 Å². The summed E-state index contributed by atoms with van der Waals surface area (Å²) < 4.78 is 0. The van der Waals surface area contributed by atoms with Crippen LogP contribution in [0.1, 0.15) is 20.8 Å². The van der Waals surface area contributed by atoms with Gasteiger partial charge in [0, 0.05) is 5.41 Å². The summed E-state index contributed by atoms with van der Waals surface area (Å²) in [5, 5.41) is 9.76. The summed E-state index contributed by atoms with van der Waals surface area (Å²) in [6.07, 6.45) is 1.41. The number of carbonyl (C=O) groups excluding carboxylic acids is 1. The van der Waals surface area contributed by atoms with Crippen LogP contribution in [0.15, 0.2) is 6.33 Å². The molecule has 5 nitrogen and oxygen atoms in total. The number of carbonyl (C=O) groups is 1. The Morgan fingerprint density at radius 2 is 2.25 bits per heavy atom. The summed E-state index contributed by atoms with van der Waals surface area (Å²) in [6.45, 7) is 5.50. The Balaban J connectivity index is 2.60. The van der Waals surface area contributed by atoms with Gasteiger partial charge in [0.25, 0.3) is 0 Å². The van der Waals surface area contributed by atoms with Crippen molar-refractivity contribution >= 4 is 11.9 Å². The molecule has 66 valence electrons. The lowest BCUT2D eigenvalue weighted by Gasteiger charge is -2.15. The third-order valence-electron chi connectivity index (χ3n) is 1.33. The molecule has 0 radical (unpaired) electrons. The van der Waals surface area contributed by atoms with Crippen LogP contribution in [0, 0.1) is 5.41 Å². The number of rotatable bonds is 1. The first-order valence-corrected chi connectivity index (χ1v) is 3.67. The molecule has 0 aromatic carbocycles. The van der Waals surface area contributed by atoms with Gasteiger partial charge in [-0.1, -0.05) is 20.8 Å². The molecular formula is C7H12N4O. The molecule has 0 atom stereocenters. The second kappa shape index (κ2) is 2.92. The molecule has 2 N–H and O–H groups in total. The molecule has 0 aliphatic rings. The first kappa shape index (κ1) is 8.70. The largest absolute Gasteiger partial charge is 0.314 e. The van der Waals surface area contributed by atoms with E-state index >= 15 is 0 Å². The van der Waals surface area contributed by atoms with Crippen LogP contribution < -0.4 is 5.32 Å². The highest BCUT2D eigenvalue weighted by atomic mass is 16.2. The highest BCUT2D eigenvalue weighted by Gasteiger charge is 2.21. The Hall–Kier alpha value is -1.39. The molecular weight excluding hydrogens is 156 g/mol. The van der Waals surface area contributed by atoms with Crippen molar-refractivity contribution in [1.82, 2.24) is 15.2 Å². The van der Waals surface area contributed by atoms with E-state index in [4.69, 9.17) is 0 Å². The number of nitrogens with zero attached hydrogens (tertiary/aromatic N) is 2. The van der Waals surface area contributed by atoms with Crippen molar-refractivity contribution < 1.29 is 4.79 Å². The van der Waals surface area contributed by atoms with E-state index in [0.29, 0.717) is 5.95 Å². The zero-order valence-corrected chi connectivity index (χ0v) is 7.38. The fraction of sp³-hybridized carbons (Fsp3) is 0.571. The number of aromatic nitrogens is 3. The van der Waals surface area contributed by atoms with Crippen molar-refractivity contribution in [1.29, 1.82) is 0 Å². The molecule has 5 heteroatoms. The molecule has 1 rings (SSSR count). The highest BCUT2D eigenvalue weighted by Crippen LogP contribution is 2.14. The van der Waals surface area contributed by atoms with Gasteiger partial charge in [-0.3, -0.25) is 10.1 Å². The smallest absolute Gasteiger partial charge is 0.232 e. The molecule has 12 heavy (non-hydrogen) atoms. The SMILES string of the molecule is CC(C)(C)C(=O)Nc1nnc[nH]1. The van der Waals surface area contributed by atoms with E-state index in [1.54, 1.807) is 0 Å². The Bertz CT molecular complexity index is 259. The normalized spacial score (nSPS) is 11.2. The van der Waals surface area contributed by atoms with Crippen molar-refractivity contribution in [2.75, 3.05) is 5.32 Å². The molecule has 1 amide bonds. The Labute approximate surface area is 70.6 Å². The average Bonchev–Trinajstić information content (AvgIpc) is 2.37. The van der Waals surface area contributed by atoms with Gasteiger partial charge in [-0.15, -0.1) is 10.2 Å². The zero-order chi connectivity index (χ0) is 9.19. The van der Waals surface area contributed by atoms with Gasteiger partial charge in [0.05, 0.1) is 0 Å². The molecule has 0 aliphatic heterocycles. The monoisotopic (exact) mass is 168 g/mol. The first-order chi connectivity index (χ1) is 5.50. The first-order valence-electron chi connectivity index (χ1n) is 3.67. The van der Waals surface area contributed by atoms with Crippen LogP contribution in [-0.2, 0) is 4.79 Å². The second-order valence-electron chi connectivity index (χ2n) is 3.54. The number of anilines is 1. The standard InChI is InChI=1S/C7H12N4O/c1-7(2,3)5(12)10-6-8-4-9-11-6/h4H,1-3H3,(H2,8,9,10,11,12). The molecule has 0 unspecified atom stereocenters. The second-order valence-corrected chi connectivity index (χ2v) is 3.54. The number of hydrogen-bond donors (Lipinski definition) is 2. The topological polar surface area (TPSA) is 70.7 Å². The van der Waals surface area contributed by atoms with Gasteiger partial charge in [-0.2, -0.15) is 0 Å². The molecule has 0 bridgehead atoms. The molecule has 0 fully saturated rings. The quantitative estimate of drug-likeness (QED) is 0.651. The number of aromatic amines is 1. The van der Waals surface area contributed by atoms with Gasteiger partial charge in [0.1, 0.15) is 6.33 Å². The molecule has 0 spiro atoms. The van der Waals surface area contributed by atoms with Crippen molar-refractivity contribution in [3.05, 3.63) is 6.33 Å². The van der Waals surface area contributed by atoms with E-state index in [1.807, 2.05) is 20.8 Å². The van der Waals surface area contributed by atoms with E-state index in [-0.39, 0.29) is 5.91 Å². The van der Waals surface area contributed by atoms with Gasteiger partial charge in [0.15, 0.2) is 0 Å². The lowest BCUT2D eigenvalue weighted by molar-refractivity contribution is -0.123. The number of hydrogen-bond acceptors (Lipinski definition) is 3. The predicted molar refractivity (Wildman–Crippen MR) is 44.5 cm³/mol. The molecule has 0 aliphatic carbocycles. The lowest BCUT2D eigenvalue weighted by Crippen LogP contribution is -2.28. The Morgan fingerprint density at radius 3 is 2.67 bits per heavy atom.